The molecule has 0 aromatic heterocycles. The Bertz CT molecular complexity index is 560. The Kier molecular flexibility index (Phi) is 6.35. The number of nitrogens with one attached hydrogen (secondary N) is 1. The number of hydrogen-bond donors (Lipinski definition) is 1. The fraction of sp³-hybridized carbons (Fsp3) is 0.857. The highest BCUT2D eigenvalue weighted by Crippen LogP contribution is 2.28. The van der Waals surface area contributed by atoms with Crippen LogP contribution in [0.2, 0.25) is 0 Å². The molecule has 8 nitrogen and oxygen atoms in total. The van der Waals surface area contributed by atoms with Gasteiger partial charge in [0.25, 0.3) is 10.2 Å². The summed E-state index contributed by atoms with van der Waals surface area (Å²) in [6, 6.07) is 1.66. The number of rotatable bonds is 7. The third-order valence-electron chi connectivity index (χ3n) is 4.39. The van der Waals surface area contributed by atoms with Gasteiger partial charge in [-0.15, -0.1) is 0 Å². The van der Waals surface area contributed by atoms with Crippen LogP contribution >= 0.6 is 0 Å². The van der Waals surface area contributed by atoms with Gasteiger partial charge < -0.3 is 10.1 Å². The lowest BCUT2D eigenvalue weighted by molar-refractivity contribution is -0.125. The SMILES string of the molecule is COCCN(CCC#N)S(=O)(=O)N1CC(=O)NC2CCCCC21. The number of methoxy groups -OCH3 is 1. The van der Waals surface area contributed by atoms with Gasteiger partial charge in [-0.2, -0.15) is 22.3 Å². The van der Waals surface area contributed by atoms with Crippen molar-refractivity contribution >= 4 is 16.1 Å². The molecule has 1 heterocycles. The topological polar surface area (TPSA) is 103 Å². The van der Waals surface area contributed by atoms with Crippen molar-refractivity contribution in [3.05, 3.63) is 0 Å². The van der Waals surface area contributed by atoms with Gasteiger partial charge in [0.1, 0.15) is 0 Å². The number of nitrogens with zero attached hydrogens (tertiary/aromatic N) is 3. The molecule has 2 unspecified atom stereocenters. The van der Waals surface area contributed by atoms with E-state index in [0.29, 0.717) is 0 Å². The molecule has 23 heavy (non-hydrogen) atoms. The minimum atomic E-state index is -3.80. The lowest BCUT2D eigenvalue weighted by Crippen LogP contribution is -2.64. The van der Waals surface area contributed by atoms with Crippen molar-refractivity contribution in [1.29, 1.82) is 5.26 Å². The van der Waals surface area contributed by atoms with E-state index in [1.54, 1.807) is 0 Å². The number of amides is 1. The third-order valence-corrected chi connectivity index (χ3v) is 6.40. The standard InChI is InChI=1S/C14H24N4O4S/c1-22-10-9-17(8-4-7-15)23(20,21)18-11-14(19)16-12-5-2-3-6-13(12)18/h12-13H,2-6,8-11H2,1H3,(H,16,19). The zero-order valence-corrected chi connectivity index (χ0v) is 14.2. The van der Waals surface area contributed by atoms with Gasteiger partial charge in [-0.3, -0.25) is 4.79 Å². The van der Waals surface area contributed by atoms with Crippen LogP contribution in [0.3, 0.4) is 0 Å². The number of carbonyl (C=O) groups excluding carboxylic acids is 1. The Labute approximate surface area is 137 Å². The molecule has 0 spiro atoms. The highest BCUT2D eigenvalue weighted by atomic mass is 32.2. The van der Waals surface area contributed by atoms with Gasteiger partial charge in [0, 0.05) is 38.7 Å². The number of ether oxygens (including phenoxy) is 1. The van der Waals surface area contributed by atoms with Crippen LogP contribution in [0.1, 0.15) is 32.1 Å². The van der Waals surface area contributed by atoms with E-state index in [1.165, 1.54) is 15.7 Å². The van der Waals surface area contributed by atoms with Crippen LogP contribution < -0.4 is 5.32 Å². The van der Waals surface area contributed by atoms with Crippen molar-refractivity contribution in [1.82, 2.24) is 13.9 Å². The number of hydrogen-bond acceptors (Lipinski definition) is 5. The van der Waals surface area contributed by atoms with E-state index in [-0.39, 0.29) is 50.7 Å². The molecule has 2 aliphatic rings. The second-order valence-electron chi connectivity index (χ2n) is 5.88. The molecule has 1 saturated carbocycles. The highest BCUT2D eigenvalue weighted by molar-refractivity contribution is 7.86. The van der Waals surface area contributed by atoms with E-state index in [0.717, 1.165) is 25.7 Å². The Hall–Kier alpha value is -1.21. The first-order valence-electron chi connectivity index (χ1n) is 7.93. The molecule has 0 radical (unpaired) electrons. The minimum absolute atomic E-state index is 0.108. The zero-order chi connectivity index (χ0) is 16.9. The van der Waals surface area contributed by atoms with Crippen molar-refractivity contribution in [2.24, 2.45) is 0 Å². The predicted molar refractivity (Wildman–Crippen MR) is 83.5 cm³/mol. The van der Waals surface area contributed by atoms with Crippen LogP contribution in [0.4, 0.5) is 0 Å². The molecule has 9 heteroatoms. The van der Waals surface area contributed by atoms with E-state index >= 15 is 0 Å². The van der Waals surface area contributed by atoms with Crippen molar-refractivity contribution in [2.75, 3.05) is 33.4 Å². The number of nitriles is 1. The van der Waals surface area contributed by atoms with Crippen molar-refractivity contribution < 1.29 is 17.9 Å². The summed E-state index contributed by atoms with van der Waals surface area (Å²) in [7, 11) is -2.30. The maximum atomic E-state index is 13.0. The summed E-state index contributed by atoms with van der Waals surface area (Å²) in [5.74, 6) is -0.260. The van der Waals surface area contributed by atoms with Gasteiger partial charge in [-0.05, 0) is 12.8 Å². The molecule has 2 atom stereocenters. The molecule has 2 fully saturated rings. The largest absolute Gasteiger partial charge is 0.383 e. The molecule has 0 aromatic rings. The van der Waals surface area contributed by atoms with Crippen LogP contribution in [0.15, 0.2) is 0 Å². The average molecular weight is 344 g/mol. The van der Waals surface area contributed by atoms with Crippen LogP contribution in [0.5, 0.6) is 0 Å². The summed E-state index contributed by atoms with van der Waals surface area (Å²) in [5, 5.41) is 11.7. The molecule has 130 valence electrons. The molecule has 0 aromatic carbocycles. The number of carbonyl (C=O) groups is 1. The third kappa shape index (κ3) is 4.20. The van der Waals surface area contributed by atoms with Crippen LogP contribution in [0, 0.1) is 11.3 Å². The van der Waals surface area contributed by atoms with Gasteiger partial charge in [-0.1, -0.05) is 12.8 Å². The Morgan fingerprint density at radius 1 is 1.39 bits per heavy atom. The normalized spacial score (nSPS) is 25.7. The fourth-order valence-corrected chi connectivity index (χ4v) is 5.05. The molecule has 1 aliphatic heterocycles. The quantitative estimate of drug-likeness (QED) is 0.691. The van der Waals surface area contributed by atoms with Crippen LogP contribution in [0.25, 0.3) is 0 Å². The molecular formula is C14H24N4O4S. The Balaban J connectivity index is 2.22. The van der Waals surface area contributed by atoms with Gasteiger partial charge in [0.15, 0.2) is 0 Å². The fourth-order valence-electron chi connectivity index (χ4n) is 3.25. The monoisotopic (exact) mass is 344 g/mol. The maximum absolute atomic E-state index is 13.0. The van der Waals surface area contributed by atoms with Gasteiger partial charge in [0.05, 0.1) is 19.2 Å². The maximum Gasteiger partial charge on any atom is 0.282 e. The first-order valence-corrected chi connectivity index (χ1v) is 9.32. The van der Waals surface area contributed by atoms with Gasteiger partial charge >= 0.3 is 0 Å². The smallest absolute Gasteiger partial charge is 0.282 e. The molecule has 2 rings (SSSR count). The Morgan fingerprint density at radius 3 is 2.83 bits per heavy atom. The Morgan fingerprint density at radius 2 is 2.13 bits per heavy atom. The van der Waals surface area contributed by atoms with Crippen LogP contribution in [-0.4, -0.2) is 68.4 Å². The second kappa shape index (κ2) is 8.06. The molecule has 1 aliphatic carbocycles. The number of fused-ring (bicyclic) bond motifs is 1. The van der Waals surface area contributed by atoms with Crippen molar-refractivity contribution in [3.63, 3.8) is 0 Å². The molecule has 1 N–H and O–H groups in total. The number of piperazine rings is 1. The minimum Gasteiger partial charge on any atom is -0.383 e. The highest BCUT2D eigenvalue weighted by Gasteiger charge is 2.44. The van der Waals surface area contributed by atoms with E-state index in [9.17, 15) is 13.2 Å². The van der Waals surface area contributed by atoms with E-state index in [2.05, 4.69) is 5.32 Å². The van der Waals surface area contributed by atoms with Gasteiger partial charge in [0.2, 0.25) is 5.91 Å². The summed E-state index contributed by atoms with van der Waals surface area (Å²) in [6.07, 6.45) is 3.62. The van der Waals surface area contributed by atoms with E-state index < -0.39 is 10.2 Å². The summed E-state index contributed by atoms with van der Waals surface area (Å²) in [5.41, 5.74) is 0. The predicted octanol–water partition coefficient (Wildman–Crippen LogP) is -0.164. The second-order valence-corrected chi connectivity index (χ2v) is 7.76. The molecular weight excluding hydrogens is 320 g/mol. The van der Waals surface area contributed by atoms with E-state index in [1.807, 2.05) is 6.07 Å². The molecule has 0 bridgehead atoms. The van der Waals surface area contributed by atoms with Gasteiger partial charge in [-0.25, -0.2) is 0 Å². The lowest BCUT2D eigenvalue weighted by atomic mass is 9.89. The molecule has 1 amide bonds. The van der Waals surface area contributed by atoms with E-state index in [4.69, 9.17) is 10.00 Å². The summed E-state index contributed by atoms with van der Waals surface area (Å²) in [4.78, 5) is 11.9. The van der Waals surface area contributed by atoms with Crippen LogP contribution in [-0.2, 0) is 19.7 Å². The first kappa shape index (κ1) is 18.1. The summed E-state index contributed by atoms with van der Waals surface area (Å²) in [6.45, 7) is 0.381. The summed E-state index contributed by atoms with van der Waals surface area (Å²) < 4.78 is 33.6. The lowest BCUT2D eigenvalue weighted by Gasteiger charge is -2.44. The summed E-state index contributed by atoms with van der Waals surface area (Å²) >= 11 is 0. The molecule has 1 saturated heterocycles. The average Bonchev–Trinajstić information content (AvgIpc) is 2.53. The first-order chi connectivity index (χ1) is 11.0. The zero-order valence-electron chi connectivity index (χ0n) is 13.4. The van der Waals surface area contributed by atoms with Crippen molar-refractivity contribution in [3.8, 4) is 6.07 Å². The van der Waals surface area contributed by atoms with Crippen molar-refractivity contribution in [2.45, 2.75) is 44.2 Å².